The standard InChI is InChI=1S/C25H17BrCl2N2O4S/c1-33-22-10-14(5-8-21(22)34-13-15-6-7-17(27)12-20(15)28)9-19-23(31)29-25(35)30(24(19)32)18-4-2-3-16(26)11-18/h2-12H,13H2,1H3,(H,29,31,35)/b19-9+. The molecule has 1 heterocycles. The van der Waals surface area contributed by atoms with Crippen LogP contribution < -0.4 is 19.7 Å². The number of anilines is 1. The molecule has 178 valence electrons. The topological polar surface area (TPSA) is 67.9 Å². The molecule has 35 heavy (non-hydrogen) atoms. The van der Waals surface area contributed by atoms with Crippen LogP contribution in [0, 0.1) is 0 Å². The molecule has 1 aliphatic rings. The Morgan fingerprint density at radius 1 is 1.06 bits per heavy atom. The maximum Gasteiger partial charge on any atom is 0.270 e. The first-order valence-corrected chi connectivity index (χ1v) is 12.1. The van der Waals surface area contributed by atoms with Crippen molar-refractivity contribution < 1.29 is 19.1 Å². The highest BCUT2D eigenvalue weighted by atomic mass is 79.9. The van der Waals surface area contributed by atoms with Crippen LogP contribution in [0.4, 0.5) is 5.69 Å². The molecule has 1 aliphatic heterocycles. The second kappa shape index (κ2) is 10.8. The van der Waals surface area contributed by atoms with Crippen LogP contribution in [-0.2, 0) is 16.2 Å². The molecule has 1 fully saturated rings. The van der Waals surface area contributed by atoms with Gasteiger partial charge in [-0.3, -0.25) is 19.8 Å². The fourth-order valence-electron chi connectivity index (χ4n) is 3.36. The Morgan fingerprint density at radius 3 is 2.57 bits per heavy atom. The molecule has 0 aromatic heterocycles. The minimum absolute atomic E-state index is 0.0115. The molecule has 3 aromatic rings. The van der Waals surface area contributed by atoms with Gasteiger partial charge in [0.2, 0.25) is 0 Å². The number of ether oxygens (including phenoxy) is 2. The quantitative estimate of drug-likeness (QED) is 0.211. The van der Waals surface area contributed by atoms with Crippen molar-refractivity contribution in [3.05, 3.63) is 91.9 Å². The number of benzene rings is 3. The minimum atomic E-state index is -0.581. The lowest BCUT2D eigenvalue weighted by atomic mass is 10.1. The van der Waals surface area contributed by atoms with Crippen molar-refractivity contribution in [1.82, 2.24) is 5.32 Å². The number of nitrogens with zero attached hydrogens (tertiary/aromatic N) is 1. The molecule has 0 spiro atoms. The number of rotatable bonds is 6. The summed E-state index contributed by atoms with van der Waals surface area (Å²) in [6.07, 6.45) is 1.48. The van der Waals surface area contributed by atoms with Gasteiger partial charge in [-0.05, 0) is 66.3 Å². The van der Waals surface area contributed by atoms with Crippen molar-refractivity contribution in [2.45, 2.75) is 6.61 Å². The maximum atomic E-state index is 13.2. The van der Waals surface area contributed by atoms with Gasteiger partial charge in [-0.15, -0.1) is 0 Å². The maximum absolute atomic E-state index is 13.2. The van der Waals surface area contributed by atoms with E-state index < -0.39 is 11.8 Å². The van der Waals surface area contributed by atoms with E-state index in [-0.39, 0.29) is 17.3 Å². The first kappa shape index (κ1) is 25.2. The first-order chi connectivity index (χ1) is 16.8. The van der Waals surface area contributed by atoms with Crippen molar-refractivity contribution in [1.29, 1.82) is 0 Å². The van der Waals surface area contributed by atoms with Crippen molar-refractivity contribution in [2.75, 3.05) is 12.0 Å². The Balaban J connectivity index is 1.59. The van der Waals surface area contributed by atoms with Gasteiger partial charge in [0.25, 0.3) is 11.8 Å². The van der Waals surface area contributed by atoms with E-state index in [1.165, 1.54) is 18.1 Å². The molecule has 6 nitrogen and oxygen atoms in total. The van der Waals surface area contributed by atoms with Crippen LogP contribution >= 0.6 is 51.3 Å². The smallest absolute Gasteiger partial charge is 0.270 e. The summed E-state index contributed by atoms with van der Waals surface area (Å²) in [6.45, 7) is 0.201. The summed E-state index contributed by atoms with van der Waals surface area (Å²) < 4.78 is 12.1. The third-order valence-electron chi connectivity index (χ3n) is 5.07. The van der Waals surface area contributed by atoms with Crippen LogP contribution in [0.2, 0.25) is 10.0 Å². The summed E-state index contributed by atoms with van der Waals surface area (Å²) in [5, 5.41) is 3.61. The van der Waals surface area contributed by atoms with Gasteiger partial charge >= 0.3 is 0 Å². The molecule has 4 rings (SSSR count). The zero-order valence-electron chi connectivity index (χ0n) is 18.2. The van der Waals surface area contributed by atoms with E-state index in [0.29, 0.717) is 32.8 Å². The van der Waals surface area contributed by atoms with E-state index in [4.69, 9.17) is 44.9 Å². The largest absolute Gasteiger partial charge is 0.493 e. The average molecular weight is 592 g/mol. The molecule has 0 atom stereocenters. The molecule has 10 heteroatoms. The fourth-order valence-corrected chi connectivity index (χ4v) is 4.49. The normalized spacial score (nSPS) is 14.8. The molecule has 0 aliphatic carbocycles. The number of nitrogens with one attached hydrogen (secondary N) is 1. The van der Waals surface area contributed by atoms with Gasteiger partial charge in [0.05, 0.1) is 12.8 Å². The summed E-state index contributed by atoms with van der Waals surface area (Å²) in [7, 11) is 1.50. The second-order valence-corrected chi connectivity index (χ2v) is 9.52. The zero-order valence-corrected chi connectivity index (χ0v) is 22.1. The van der Waals surface area contributed by atoms with E-state index in [2.05, 4.69) is 21.2 Å². The zero-order chi connectivity index (χ0) is 25.1. The first-order valence-electron chi connectivity index (χ1n) is 10.2. The molecule has 0 radical (unpaired) electrons. The number of amides is 2. The van der Waals surface area contributed by atoms with Crippen LogP contribution in [-0.4, -0.2) is 24.0 Å². The molecule has 2 amide bonds. The summed E-state index contributed by atoms with van der Waals surface area (Å²) in [4.78, 5) is 27.1. The third kappa shape index (κ3) is 5.67. The van der Waals surface area contributed by atoms with E-state index >= 15 is 0 Å². The number of hydrogen-bond donors (Lipinski definition) is 1. The van der Waals surface area contributed by atoms with Crippen molar-refractivity contribution in [3.63, 3.8) is 0 Å². The lowest BCUT2D eigenvalue weighted by Gasteiger charge is -2.29. The molecule has 3 aromatic carbocycles. The van der Waals surface area contributed by atoms with Gasteiger partial charge in [-0.1, -0.05) is 57.3 Å². The molecule has 0 unspecified atom stereocenters. The highest BCUT2D eigenvalue weighted by Crippen LogP contribution is 2.32. The van der Waals surface area contributed by atoms with Crippen molar-refractivity contribution >= 4 is 80.0 Å². The van der Waals surface area contributed by atoms with Crippen molar-refractivity contribution in [2.24, 2.45) is 0 Å². The van der Waals surface area contributed by atoms with Gasteiger partial charge in [0.15, 0.2) is 16.6 Å². The number of methoxy groups -OCH3 is 1. The summed E-state index contributed by atoms with van der Waals surface area (Å²) in [5.41, 5.74) is 1.79. The number of carbonyl (C=O) groups excluding carboxylic acids is 2. The predicted octanol–water partition coefficient (Wildman–Crippen LogP) is 6.17. The van der Waals surface area contributed by atoms with Crippen LogP contribution in [0.25, 0.3) is 6.08 Å². The Bertz CT molecular complexity index is 1380. The summed E-state index contributed by atoms with van der Waals surface area (Å²) in [6, 6.07) is 17.3. The molecule has 0 saturated carbocycles. The van der Waals surface area contributed by atoms with E-state index in [1.807, 2.05) is 6.07 Å². The Morgan fingerprint density at radius 2 is 1.86 bits per heavy atom. The summed E-state index contributed by atoms with van der Waals surface area (Å²) >= 11 is 20.8. The van der Waals surface area contributed by atoms with Crippen LogP contribution in [0.5, 0.6) is 11.5 Å². The third-order valence-corrected chi connectivity index (χ3v) is 6.43. The predicted molar refractivity (Wildman–Crippen MR) is 144 cm³/mol. The number of thiocarbonyl (C=S) groups is 1. The Labute approximate surface area is 225 Å². The molecular weight excluding hydrogens is 575 g/mol. The second-order valence-electron chi connectivity index (χ2n) is 7.37. The highest BCUT2D eigenvalue weighted by Gasteiger charge is 2.34. The van der Waals surface area contributed by atoms with E-state index in [9.17, 15) is 9.59 Å². The van der Waals surface area contributed by atoms with Gasteiger partial charge < -0.3 is 9.47 Å². The van der Waals surface area contributed by atoms with Crippen LogP contribution in [0.3, 0.4) is 0 Å². The van der Waals surface area contributed by atoms with E-state index in [1.54, 1.807) is 54.6 Å². The molecule has 1 saturated heterocycles. The number of carbonyl (C=O) groups is 2. The van der Waals surface area contributed by atoms with Gasteiger partial charge in [-0.25, -0.2) is 0 Å². The highest BCUT2D eigenvalue weighted by molar-refractivity contribution is 9.10. The SMILES string of the molecule is COc1cc(/C=C2\C(=O)NC(=S)N(c3cccc(Br)c3)C2=O)ccc1OCc1ccc(Cl)cc1Cl. The average Bonchev–Trinajstić information content (AvgIpc) is 2.81. The van der Waals surface area contributed by atoms with E-state index in [0.717, 1.165) is 10.0 Å². The number of hydrogen-bond acceptors (Lipinski definition) is 5. The molecule has 1 N–H and O–H groups in total. The fraction of sp³-hybridized carbons (Fsp3) is 0.0800. The lowest BCUT2D eigenvalue weighted by molar-refractivity contribution is -0.122. The van der Waals surface area contributed by atoms with Crippen molar-refractivity contribution in [3.8, 4) is 11.5 Å². The molecular formula is C25H17BrCl2N2O4S. The Hall–Kier alpha value is -2.91. The lowest BCUT2D eigenvalue weighted by Crippen LogP contribution is -2.54. The van der Waals surface area contributed by atoms with Gasteiger partial charge in [0.1, 0.15) is 12.2 Å². The molecule has 0 bridgehead atoms. The minimum Gasteiger partial charge on any atom is -0.493 e. The monoisotopic (exact) mass is 590 g/mol. The number of halogens is 3. The van der Waals surface area contributed by atoms with Gasteiger partial charge in [-0.2, -0.15) is 0 Å². The van der Waals surface area contributed by atoms with Gasteiger partial charge in [0, 0.05) is 20.1 Å². The Kier molecular flexibility index (Phi) is 7.76. The summed E-state index contributed by atoms with van der Waals surface area (Å²) in [5.74, 6) is -0.221. The van der Waals surface area contributed by atoms with Crippen LogP contribution in [0.15, 0.2) is 70.7 Å². The van der Waals surface area contributed by atoms with Crippen LogP contribution in [0.1, 0.15) is 11.1 Å².